The van der Waals surface area contributed by atoms with Gasteiger partial charge < -0.3 is 14.4 Å². The van der Waals surface area contributed by atoms with Gasteiger partial charge in [0.05, 0.1) is 6.04 Å². The first-order chi connectivity index (χ1) is 10.7. The highest BCUT2D eigenvalue weighted by molar-refractivity contribution is 5.82. The van der Waals surface area contributed by atoms with Gasteiger partial charge in [0.15, 0.2) is 11.5 Å². The molecule has 0 saturated heterocycles. The molecule has 0 aromatic heterocycles. The van der Waals surface area contributed by atoms with Gasteiger partial charge >= 0.3 is 0 Å². The molecular formula is C18H19NO3. The highest BCUT2D eigenvalue weighted by Gasteiger charge is 2.31. The summed E-state index contributed by atoms with van der Waals surface area (Å²) in [6, 6.07) is 17.3. The first kappa shape index (κ1) is 14.4. The maximum Gasteiger partial charge on any atom is 0.267 e. The van der Waals surface area contributed by atoms with E-state index in [1.54, 1.807) is 11.9 Å². The largest absolute Gasteiger partial charge is 0.485 e. The van der Waals surface area contributed by atoms with Crippen LogP contribution in [-0.2, 0) is 4.79 Å². The number of amides is 1. The van der Waals surface area contributed by atoms with Crippen LogP contribution < -0.4 is 9.47 Å². The molecule has 114 valence electrons. The summed E-state index contributed by atoms with van der Waals surface area (Å²) in [5.41, 5.74) is 1.09. The van der Waals surface area contributed by atoms with Crippen LogP contribution in [0, 0.1) is 0 Å². The number of carbonyl (C=O) groups excluding carboxylic acids is 1. The molecule has 0 spiro atoms. The van der Waals surface area contributed by atoms with Crippen molar-refractivity contribution in [2.75, 3.05) is 13.7 Å². The lowest BCUT2D eigenvalue weighted by atomic mass is 10.1. The molecule has 4 heteroatoms. The summed E-state index contributed by atoms with van der Waals surface area (Å²) in [5.74, 6) is 1.23. The van der Waals surface area contributed by atoms with Crippen molar-refractivity contribution in [2.24, 2.45) is 0 Å². The molecule has 0 bridgehead atoms. The van der Waals surface area contributed by atoms with E-state index >= 15 is 0 Å². The Labute approximate surface area is 130 Å². The number of likely N-dealkylation sites (N-methyl/N-ethyl adjacent to an activating group) is 1. The number of nitrogens with zero attached hydrogens (tertiary/aromatic N) is 1. The summed E-state index contributed by atoms with van der Waals surface area (Å²) in [6.07, 6.45) is -0.605. The highest BCUT2D eigenvalue weighted by Crippen LogP contribution is 2.31. The SMILES string of the molecule is CC(c1ccccc1)N(C)C(=O)C1COc2ccccc2O1. The number of carbonyl (C=O) groups is 1. The van der Waals surface area contributed by atoms with Crippen molar-refractivity contribution in [3.8, 4) is 11.5 Å². The van der Waals surface area contributed by atoms with Crippen LogP contribution in [0.4, 0.5) is 0 Å². The molecule has 1 heterocycles. The Bertz CT molecular complexity index is 652. The lowest BCUT2D eigenvalue weighted by molar-refractivity contribution is -0.141. The van der Waals surface area contributed by atoms with Crippen LogP contribution in [0.5, 0.6) is 11.5 Å². The second-order valence-electron chi connectivity index (χ2n) is 5.40. The molecule has 1 aliphatic rings. The zero-order chi connectivity index (χ0) is 15.5. The lowest BCUT2D eigenvalue weighted by Crippen LogP contribution is -2.45. The molecule has 4 nitrogen and oxygen atoms in total. The third kappa shape index (κ3) is 2.77. The van der Waals surface area contributed by atoms with E-state index in [0.29, 0.717) is 11.5 Å². The third-order valence-electron chi connectivity index (χ3n) is 3.99. The van der Waals surface area contributed by atoms with Gasteiger partial charge in [-0.05, 0) is 24.6 Å². The van der Waals surface area contributed by atoms with Gasteiger partial charge in [0.25, 0.3) is 5.91 Å². The van der Waals surface area contributed by atoms with Crippen molar-refractivity contribution in [3.05, 3.63) is 60.2 Å². The van der Waals surface area contributed by atoms with E-state index in [0.717, 1.165) is 5.56 Å². The molecule has 2 aromatic carbocycles. The van der Waals surface area contributed by atoms with Crippen LogP contribution in [0.2, 0.25) is 0 Å². The van der Waals surface area contributed by atoms with E-state index in [1.165, 1.54) is 0 Å². The second-order valence-corrected chi connectivity index (χ2v) is 5.40. The molecule has 0 fully saturated rings. The molecule has 0 aliphatic carbocycles. The predicted molar refractivity (Wildman–Crippen MR) is 84.0 cm³/mol. The fourth-order valence-corrected chi connectivity index (χ4v) is 2.51. The standard InChI is InChI=1S/C18H19NO3/c1-13(14-8-4-3-5-9-14)19(2)18(20)17-12-21-15-10-6-7-11-16(15)22-17/h3-11,13,17H,12H2,1-2H3. The van der Waals surface area contributed by atoms with Crippen LogP contribution in [0.25, 0.3) is 0 Å². The van der Waals surface area contributed by atoms with Gasteiger partial charge in [0.1, 0.15) is 6.61 Å². The van der Waals surface area contributed by atoms with E-state index in [4.69, 9.17) is 9.47 Å². The van der Waals surface area contributed by atoms with Crippen LogP contribution >= 0.6 is 0 Å². The Kier molecular flexibility index (Phi) is 4.00. The molecule has 0 radical (unpaired) electrons. The van der Waals surface area contributed by atoms with Crippen molar-refractivity contribution in [3.63, 3.8) is 0 Å². The molecule has 0 N–H and O–H groups in total. The van der Waals surface area contributed by atoms with E-state index in [9.17, 15) is 4.79 Å². The predicted octanol–water partition coefficient (Wildman–Crippen LogP) is 3.05. The molecule has 0 saturated carbocycles. The van der Waals surface area contributed by atoms with Gasteiger partial charge in [-0.3, -0.25) is 4.79 Å². The van der Waals surface area contributed by atoms with Gasteiger partial charge in [0, 0.05) is 7.05 Å². The van der Waals surface area contributed by atoms with Crippen LogP contribution in [0.1, 0.15) is 18.5 Å². The number of para-hydroxylation sites is 2. The Morgan fingerprint density at radius 2 is 1.73 bits per heavy atom. The summed E-state index contributed by atoms with van der Waals surface area (Å²) in [4.78, 5) is 14.3. The number of hydrogen-bond acceptors (Lipinski definition) is 3. The molecule has 1 amide bonds. The minimum absolute atomic E-state index is 0.0190. The maximum atomic E-state index is 12.6. The Morgan fingerprint density at radius 1 is 1.09 bits per heavy atom. The fourth-order valence-electron chi connectivity index (χ4n) is 2.51. The summed E-state index contributed by atoms with van der Waals surface area (Å²) in [7, 11) is 1.80. The first-order valence-corrected chi connectivity index (χ1v) is 7.37. The van der Waals surface area contributed by atoms with Crippen molar-refractivity contribution in [1.29, 1.82) is 0 Å². The third-order valence-corrected chi connectivity index (χ3v) is 3.99. The van der Waals surface area contributed by atoms with Crippen molar-refractivity contribution in [1.82, 2.24) is 4.90 Å². The number of benzene rings is 2. The minimum Gasteiger partial charge on any atom is -0.485 e. The molecule has 2 unspecified atom stereocenters. The number of ether oxygens (including phenoxy) is 2. The minimum atomic E-state index is -0.605. The zero-order valence-electron chi connectivity index (χ0n) is 12.7. The van der Waals surface area contributed by atoms with Crippen LogP contribution in [-0.4, -0.2) is 30.6 Å². The molecule has 3 rings (SSSR count). The van der Waals surface area contributed by atoms with Gasteiger partial charge in [-0.25, -0.2) is 0 Å². The average Bonchev–Trinajstić information content (AvgIpc) is 2.60. The summed E-state index contributed by atoms with van der Waals surface area (Å²) >= 11 is 0. The van der Waals surface area contributed by atoms with Crippen molar-refractivity contribution >= 4 is 5.91 Å². The fraction of sp³-hybridized carbons (Fsp3) is 0.278. The van der Waals surface area contributed by atoms with E-state index in [1.807, 2.05) is 61.5 Å². The van der Waals surface area contributed by atoms with Crippen molar-refractivity contribution in [2.45, 2.75) is 19.1 Å². The molecule has 22 heavy (non-hydrogen) atoms. The second kappa shape index (κ2) is 6.10. The van der Waals surface area contributed by atoms with E-state index in [2.05, 4.69) is 0 Å². The lowest BCUT2D eigenvalue weighted by Gasteiger charge is -2.32. The molecule has 2 atom stereocenters. The molecule has 2 aromatic rings. The highest BCUT2D eigenvalue weighted by atomic mass is 16.6. The van der Waals surface area contributed by atoms with Gasteiger partial charge in [0.2, 0.25) is 6.10 Å². The number of rotatable bonds is 3. The summed E-state index contributed by atoms with van der Waals surface area (Å²) < 4.78 is 11.4. The average molecular weight is 297 g/mol. The van der Waals surface area contributed by atoms with Crippen molar-refractivity contribution < 1.29 is 14.3 Å². The summed E-state index contributed by atoms with van der Waals surface area (Å²) in [5, 5.41) is 0. The Hall–Kier alpha value is -2.49. The molecular weight excluding hydrogens is 278 g/mol. The number of fused-ring (bicyclic) bond motifs is 1. The zero-order valence-corrected chi connectivity index (χ0v) is 12.7. The topological polar surface area (TPSA) is 38.8 Å². The Balaban J connectivity index is 1.72. The van der Waals surface area contributed by atoms with Gasteiger partial charge in [-0.2, -0.15) is 0 Å². The number of hydrogen-bond donors (Lipinski definition) is 0. The Morgan fingerprint density at radius 3 is 2.45 bits per heavy atom. The van der Waals surface area contributed by atoms with Crippen LogP contribution in [0.3, 0.4) is 0 Å². The first-order valence-electron chi connectivity index (χ1n) is 7.37. The monoisotopic (exact) mass is 297 g/mol. The van der Waals surface area contributed by atoms with E-state index < -0.39 is 6.10 Å². The van der Waals surface area contributed by atoms with Crippen LogP contribution in [0.15, 0.2) is 54.6 Å². The molecule has 1 aliphatic heterocycles. The smallest absolute Gasteiger partial charge is 0.267 e. The van der Waals surface area contributed by atoms with Gasteiger partial charge in [-0.15, -0.1) is 0 Å². The van der Waals surface area contributed by atoms with E-state index in [-0.39, 0.29) is 18.6 Å². The van der Waals surface area contributed by atoms with Gasteiger partial charge in [-0.1, -0.05) is 42.5 Å². The normalized spacial score (nSPS) is 17.6. The summed E-state index contributed by atoms with van der Waals surface area (Å²) in [6.45, 7) is 2.24. The quantitative estimate of drug-likeness (QED) is 0.874. The maximum absolute atomic E-state index is 12.6.